The van der Waals surface area contributed by atoms with Crippen LogP contribution in [0.2, 0.25) is 0 Å². The van der Waals surface area contributed by atoms with Crippen LogP contribution in [-0.4, -0.2) is 48.0 Å². The molecule has 2 aromatic rings. The quantitative estimate of drug-likeness (QED) is 0.628. The summed E-state index contributed by atoms with van der Waals surface area (Å²) in [6.45, 7) is 5.89. The van der Waals surface area contributed by atoms with Gasteiger partial charge in [0, 0.05) is 44.0 Å². The van der Waals surface area contributed by atoms with E-state index >= 15 is 0 Å². The summed E-state index contributed by atoms with van der Waals surface area (Å²) >= 11 is 0. The van der Waals surface area contributed by atoms with Crippen LogP contribution in [-0.2, 0) is 0 Å². The van der Waals surface area contributed by atoms with Gasteiger partial charge in [0.2, 0.25) is 0 Å². The minimum Gasteiger partial charge on any atom is -0.377 e. The largest absolute Gasteiger partial charge is 0.377 e. The van der Waals surface area contributed by atoms with Crippen molar-refractivity contribution in [1.82, 2.24) is 4.90 Å². The number of piperazine rings is 1. The number of nitrogens with zero attached hydrogens (tertiary/aromatic N) is 3. The van der Waals surface area contributed by atoms with E-state index in [4.69, 9.17) is 0 Å². The fraction of sp³-hybridized carbons (Fsp3) is 0.350. The fourth-order valence-electron chi connectivity index (χ4n) is 3.28. The number of benzene rings is 2. The van der Waals surface area contributed by atoms with E-state index in [0.717, 1.165) is 5.69 Å². The van der Waals surface area contributed by atoms with Crippen molar-refractivity contribution in [3.05, 3.63) is 64.0 Å². The molecule has 0 saturated carbocycles. The predicted octanol–water partition coefficient (Wildman–Crippen LogP) is 3.52. The first-order chi connectivity index (χ1) is 13.4. The Hall–Kier alpha value is -3.16. The van der Waals surface area contributed by atoms with Crippen molar-refractivity contribution < 1.29 is 14.1 Å². The number of anilines is 2. The number of carbonyl (C=O) groups excluding carboxylic acids is 1. The molecule has 1 aliphatic rings. The standard InChI is InChI=1S/C20H23FN4O3/c1-14(2)22-18-13-15(7-8-19(18)25(27)28)23-9-11-24(12-10-23)20(26)16-5-3-4-6-17(16)21/h3-8,13-14,22H,9-12H2,1-2H3. The molecule has 28 heavy (non-hydrogen) atoms. The van der Waals surface area contributed by atoms with Crippen molar-refractivity contribution in [2.24, 2.45) is 0 Å². The second kappa shape index (κ2) is 8.24. The first kappa shape index (κ1) is 19.6. The van der Waals surface area contributed by atoms with Gasteiger partial charge in [-0.2, -0.15) is 0 Å². The summed E-state index contributed by atoms with van der Waals surface area (Å²) in [6.07, 6.45) is 0. The SMILES string of the molecule is CC(C)Nc1cc(N2CCN(C(=O)c3ccccc3F)CC2)ccc1[N+](=O)[O-]. The molecule has 0 aromatic heterocycles. The molecule has 0 unspecified atom stereocenters. The number of nitro benzene ring substituents is 1. The van der Waals surface area contributed by atoms with Crippen molar-refractivity contribution in [1.29, 1.82) is 0 Å². The molecular formula is C20H23FN4O3. The molecule has 1 fully saturated rings. The Morgan fingerprint density at radius 2 is 1.82 bits per heavy atom. The zero-order valence-corrected chi connectivity index (χ0v) is 15.9. The molecule has 0 atom stereocenters. The molecule has 0 aliphatic carbocycles. The highest BCUT2D eigenvalue weighted by molar-refractivity contribution is 5.94. The molecular weight excluding hydrogens is 363 g/mol. The van der Waals surface area contributed by atoms with Crippen LogP contribution in [0.1, 0.15) is 24.2 Å². The van der Waals surface area contributed by atoms with E-state index in [9.17, 15) is 19.3 Å². The van der Waals surface area contributed by atoms with Crippen LogP contribution >= 0.6 is 0 Å². The average molecular weight is 386 g/mol. The minimum absolute atomic E-state index is 0.0332. The summed E-state index contributed by atoms with van der Waals surface area (Å²) < 4.78 is 13.9. The van der Waals surface area contributed by atoms with Crippen LogP contribution < -0.4 is 10.2 Å². The Morgan fingerprint density at radius 1 is 1.14 bits per heavy atom. The summed E-state index contributed by atoms with van der Waals surface area (Å²) in [7, 11) is 0. The molecule has 1 N–H and O–H groups in total. The van der Waals surface area contributed by atoms with E-state index in [2.05, 4.69) is 10.2 Å². The lowest BCUT2D eigenvalue weighted by molar-refractivity contribution is -0.384. The molecule has 1 amide bonds. The van der Waals surface area contributed by atoms with E-state index in [1.165, 1.54) is 18.2 Å². The van der Waals surface area contributed by atoms with Crippen molar-refractivity contribution in [3.8, 4) is 0 Å². The van der Waals surface area contributed by atoms with Gasteiger partial charge in [0.1, 0.15) is 11.5 Å². The Balaban J connectivity index is 1.72. The second-order valence-electron chi connectivity index (χ2n) is 7.02. The maximum absolute atomic E-state index is 13.9. The lowest BCUT2D eigenvalue weighted by Crippen LogP contribution is -2.49. The van der Waals surface area contributed by atoms with E-state index in [1.54, 1.807) is 29.2 Å². The summed E-state index contributed by atoms with van der Waals surface area (Å²) in [4.78, 5) is 27.1. The number of halogens is 1. The highest BCUT2D eigenvalue weighted by Crippen LogP contribution is 2.30. The minimum atomic E-state index is -0.519. The summed E-state index contributed by atoms with van der Waals surface area (Å²) in [6, 6.07) is 11.0. The predicted molar refractivity (Wildman–Crippen MR) is 106 cm³/mol. The first-order valence-electron chi connectivity index (χ1n) is 9.20. The molecule has 3 rings (SSSR count). The number of hydrogen-bond donors (Lipinski definition) is 1. The normalized spacial score (nSPS) is 14.3. The van der Waals surface area contributed by atoms with Gasteiger partial charge in [0.25, 0.3) is 11.6 Å². The summed E-state index contributed by atoms with van der Waals surface area (Å²) in [5.41, 5.74) is 1.44. The van der Waals surface area contributed by atoms with Crippen LogP contribution in [0.4, 0.5) is 21.5 Å². The number of nitro groups is 1. The van der Waals surface area contributed by atoms with Crippen LogP contribution in [0.5, 0.6) is 0 Å². The van der Waals surface area contributed by atoms with E-state index in [-0.39, 0.29) is 23.2 Å². The number of hydrogen-bond acceptors (Lipinski definition) is 5. The zero-order valence-electron chi connectivity index (χ0n) is 15.9. The molecule has 7 nitrogen and oxygen atoms in total. The van der Waals surface area contributed by atoms with Gasteiger partial charge in [-0.1, -0.05) is 12.1 Å². The highest BCUT2D eigenvalue weighted by Gasteiger charge is 2.25. The van der Waals surface area contributed by atoms with Gasteiger partial charge >= 0.3 is 0 Å². The van der Waals surface area contributed by atoms with Gasteiger partial charge in [-0.15, -0.1) is 0 Å². The second-order valence-corrected chi connectivity index (χ2v) is 7.02. The third kappa shape index (κ3) is 4.21. The van der Waals surface area contributed by atoms with Gasteiger partial charge in [-0.25, -0.2) is 4.39 Å². The van der Waals surface area contributed by atoms with Gasteiger partial charge in [0.15, 0.2) is 0 Å². The monoisotopic (exact) mass is 386 g/mol. The number of rotatable bonds is 5. The maximum Gasteiger partial charge on any atom is 0.292 e. The Morgan fingerprint density at radius 3 is 2.43 bits per heavy atom. The first-order valence-corrected chi connectivity index (χ1v) is 9.20. The summed E-state index contributed by atoms with van der Waals surface area (Å²) in [5, 5.41) is 14.4. The number of carbonyl (C=O) groups is 1. The van der Waals surface area contributed by atoms with Gasteiger partial charge in [-0.3, -0.25) is 14.9 Å². The van der Waals surface area contributed by atoms with E-state index in [1.807, 2.05) is 13.8 Å². The van der Waals surface area contributed by atoms with Crippen molar-refractivity contribution in [2.75, 3.05) is 36.4 Å². The molecule has 2 aromatic carbocycles. The highest BCUT2D eigenvalue weighted by atomic mass is 19.1. The lowest BCUT2D eigenvalue weighted by atomic mass is 10.1. The Kier molecular flexibility index (Phi) is 5.77. The molecule has 1 saturated heterocycles. The maximum atomic E-state index is 13.9. The van der Waals surface area contributed by atoms with Gasteiger partial charge in [0.05, 0.1) is 10.5 Å². The van der Waals surface area contributed by atoms with Crippen LogP contribution in [0.15, 0.2) is 42.5 Å². The molecule has 0 radical (unpaired) electrons. The number of amides is 1. The molecule has 0 spiro atoms. The van der Waals surface area contributed by atoms with E-state index in [0.29, 0.717) is 31.9 Å². The smallest absolute Gasteiger partial charge is 0.292 e. The summed E-state index contributed by atoms with van der Waals surface area (Å²) in [5.74, 6) is -0.835. The fourth-order valence-corrected chi connectivity index (χ4v) is 3.28. The molecule has 1 heterocycles. The molecule has 148 valence electrons. The Bertz CT molecular complexity index is 880. The van der Waals surface area contributed by atoms with Crippen LogP contribution in [0, 0.1) is 15.9 Å². The van der Waals surface area contributed by atoms with Crippen LogP contribution in [0.3, 0.4) is 0 Å². The molecule has 1 aliphatic heterocycles. The average Bonchev–Trinajstić information content (AvgIpc) is 2.67. The van der Waals surface area contributed by atoms with Crippen LogP contribution in [0.25, 0.3) is 0 Å². The van der Waals surface area contributed by atoms with Crippen molar-refractivity contribution in [3.63, 3.8) is 0 Å². The molecule has 8 heteroatoms. The van der Waals surface area contributed by atoms with Gasteiger partial charge < -0.3 is 15.1 Å². The number of nitrogens with one attached hydrogen (secondary N) is 1. The van der Waals surface area contributed by atoms with Crippen molar-refractivity contribution in [2.45, 2.75) is 19.9 Å². The Labute approximate surface area is 162 Å². The third-order valence-corrected chi connectivity index (χ3v) is 4.66. The van der Waals surface area contributed by atoms with E-state index < -0.39 is 10.7 Å². The van der Waals surface area contributed by atoms with Crippen molar-refractivity contribution >= 4 is 23.0 Å². The third-order valence-electron chi connectivity index (χ3n) is 4.66. The molecule has 0 bridgehead atoms. The van der Waals surface area contributed by atoms with Gasteiger partial charge in [-0.05, 0) is 38.1 Å². The lowest BCUT2D eigenvalue weighted by Gasteiger charge is -2.36. The zero-order chi connectivity index (χ0) is 20.3. The topological polar surface area (TPSA) is 78.7 Å².